The molecule has 0 aromatic rings. The lowest BCUT2D eigenvalue weighted by Crippen LogP contribution is -2.19. The van der Waals surface area contributed by atoms with E-state index in [1.807, 2.05) is 0 Å². The van der Waals surface area contributed by atoms with Crippen molar-refractivity contribution in [3.05, 3.63) is 0 Å². The summed E-state index contributed by atoms with van der Waals surface area (Å²) in [6.07, 6.45) is 7.61. The Hall–Kier alpha value is 0.860. The molecular weight excluding hydrogens is 266 g/mol. The van der Waals surface area contributed by atoms with E-state index in [9.17, 15) is 0 Å². The minimum absolute atomic E-state index is 0.301. The van der Waals surface area contributed by atoms with Gasteiger partial charge >= 0.3 is 0 Å². The molecule has 2 fully saturated rings. The van der Waals surface area contributed by atoms with Gasteiger partial charge in [0.05, 0.1) is 0 Å². The van der Waals surface area contributed by atoms with Crippen molar-refractivity contribution in [3.63, 3.8) is 0 Å². The molecular formula is C17H34P2. The fraction of sp³-hybridized carbons (Fsp3) is 1.00. The molecule has 0 radical (unpaired) electrons. The standard InChI is InChI=1S/C17H34P2/c1-12(2)11-17(18-13(3)7-8-14(18)4)19-15(5)9-10-16(19)6/h12-17H,7-11H2,1-6H3/t13-,14-,15-,16-/m1/s1. The molecule has 0 aromatic carbocycles. The normalized spacial score (nSPS) is 37.9. The van der Waals surface area contributed by atoms with Crippen molar-refractivity contribution in [2.45, 2.75) is 102 Å². The molecule has 0 N–H and O–H groups in total. The van der Waals surface area contributed by atoms with Crippen molar-refractivity contribution in [2.24, 2.45) is 5.92 Å². The molecule has 0 bridgehead atoms. The molecule has 0 nitrogen and oxygen atoms in total. The van der Waals surface area contributed by atoms with Crippen LogP contribution in [0.15, 0.2) is 0 Å². The summed E-state index contributed by atoms with van der Waals surface area (Å²) in [5.41, 5.74) is 4.21. The quantitative estimate of drug-likeness (QED) is 0.522. The van der Waals surface area contributed by atoms with Crippen LogP contribution >= 0.6 is 15.8 Å². The highest BCUT2D eigenvalue weighted by Crippen LogP contribution is 2.74. The Morgan fingerprint density at radius 1 is 0.737 bits per heavy atom. The molecule has 2 heterocycles. The molecule has 4 atom stereocenters. The van der Waals surface area contributed by atoms with E-state index in [2.05, 4.69) is 41.5 Å². The van der Waals surface area contributed by atoms with Crippen LogP contribution in [0.4, 0.5) is 0 Å². The van der Waals surface area contributed by atoms with Crippen molar-refractivity contribution in [1.29, 1.82) is 0 Å². The molecule has 2 aliphatic heterocycles. The molecule has 0 amide bonds. The highest BCUT2D eigenvalue weighted by Gasteiger charge is 2.44. The second-order valence-corrected chi connectivity index (χ2v) is 14.5. The van der Waals surface area contributed by atoms with Gasteiger partial charge in [-0.25, -0.2) is 0 Å². The van der Waals surface area contributed by atoms with Crippen LogP contribution in [0, 0.1) is 5.92 Å². The molecule has 0 unspecified atom stereocenters. The largest absolute Gasteiger partial charge is 0.0933 e. The maximum absolute atomic E-state index is 2.57. The molecule has 2 rings (SSSR count). The molecule has 0 aromatic heterocycles. The molecule has 0 spiro atoms. The van der Waals surface area contributed by atoms with Gasteiger partial charge < -0.3 is 0 Å². The van der Waals surface area contributed by atoms with Crippen molar-refractivity contribution in [3.8, 4) is 0 Å². The number of rotatable bonds is 4. The van der Waals surface area contributed by atoms with E-state index < -0.39 is 0 Å². The fourth-order valence-electron chi connectivity index (χ4n) is 4.42. The first-order valence-electron chi connectivity index (χ1n) is 8.46. The summed E-state index contributed by atoms with van der Waals surface area (Å²) in [6, 6.07) is 0. The van der Waals surface area contributed by atoms with Gasteiger partial charge in [0.25, 0.3) is 0 Å². The van der Waals surface area contributed by atoms with Gasteiger partial charge in [0.15, 0.2) is 0 Å². The predicted molar refractivity (Wildman–Crippen MR) is 93.4 cm³/mol. The van der Waals surface area contributed by atoms with E-state index in [0.29, 0.717) is 15.8 Å². The van der Waals surface area contributed by atoms with Gasteiger partial charge in [0.1, 0.15) is 0 Å². The first-order chi connectivity index (χ1) is 8.91. The van der Waals surface area contributed by atoms with Crippen LogP contribution in [-0.4, -0.2) is 28.0 Å². The first-order valence-corrected chi connectivity index (χ1v) is 11.6. The summed E-state index contributed by atoms with van der Waals surface area (Å²) >= 11 is 0. The lowest BCUT2D eigenvalue weighted by atomic mass is 10.2. The molecule has 112 valence electrons. The molecule has 2 aliphatic rings. The summed E-state index contributed by atoms with van der Waals surface area (Å²) in [7, 11) is 0.602. The maximum Gasteiger partial charge on any atom is 0.000616 e. The molecule has 2 saturated heterocycles. The van der Waals surface area contributed by atoms with E-state index in [-0.39, 0.29) is 0 Å². The topological polar surface area (TPSA) is 0 Å². The van der Waals surface area contributed by atoms with Crippen LogP contribution in [0.1, 0.15) is 73.6 Å². The van der Waals surface area contributed by atoms with Gasteiger partial charge in [-0.05, 0) is 60.7 Å². The summed E-state index contributed by atoms with van der Waals surface area (Å²) in [5.74, 6) is 0.898. The fourth-order valence-corrected chi connectivity index (χ4v) is 15.6. The average Bonchev–Trinajstić information content (AvgIpc) is 2.81. The SMILES string of the molecule is CC(C)CC(P1[C@H](C)CC[C@H]1C)P1[C@H](C)CC[C@H]1C. The van der Waals surface area contributed by atoms with Gasteiger partial charge in [0.2, 0.25) is 0 Å². The molecule has 2 heteroatoms. The van der Waals surface area contributed by atoms with E-state index in [4.69, 9.17) is 0 Å². The Balaban J connectivity index is 2.20. The van der Waals surface area contributed by atoms with Gasteiger partial charge in [-0.15, -0.1) is 0 Å². The van der Waals surface area contributed by atoms with Crippen LogP contribution in [-0.2, 0) is 0 Å². The smallest absolute Gasteiger partial charge is 0.000616 e. The lowest BCUT2D eigenvalue weighted by molar-refractivity contribution is 0.611. The van der Waals surface area contributed by atoms with Crippen LogP contribution in [0.3, 0.4) is 0 Å². The Morgan fingerprint density at radius 3 is 1.32 bits per heavy atom. The Labute approximate surface area is 124 Å². The molecule has 0 saturated carbocycles. The zero-order chi connectivity index (χ0) is 14.2. The van der Waals surface area contributed by atoms with Crippen LogP contribution < -0.4 is 0 Å². The lowest BCUT2D eigenvalue weighted by Gasteiger charge is -2.40. The zero-order valence-corrected chi connectivity index (χ0v) is 15.7. The van der Waals surface area contributed by atoms with Crippen molar-refractivity contribution >= 4 is 15.8 Å². The summed E-state index contributed by atoms with van der Waals surface area (Å²) in [4.78, 5) is 0. The average molecular weight is 300 g/mol. The molecule has 0 aliphatic carbocycles. The van der Waals surface area contributed by atoms with Crippen LogP contribution in [0.5, 0.6) is 0 Å². The third-order valence-corrected chi connectivity index (χ3v) is 13.9. The zero-order valence-electron chi connectivity index (χ0n) is 13.9. The summed E-state index contributed by atoms with van der Waals surface area (Å²) in [6.45, 7) is 15.2. The Bertz CT molecular complexity index is 245. The second kappa shape index (κ2) is 6.75. The van der Waals surface area contributed by atoms with Crippen molar-refractivity contribution in [1.82, 2.24) is 0 Å². The second-order valence-electron chi connectivity index (χ2n) is 7.56. The maximum atomic E-state index is 2.57. The Kier molecular flexibility index (Phi) is 5.77. The van der Waals surface area contributed by atoms with Crippen molar-refractivity contribution in [2.75, 3.05) is 0 Å². The van der Waals surface area contributed by atoms with Gasteiger partial charge in [0, 0.05) is 5.40 Å². The van der Waals surface area contributed by atoms with Crippen LogP contribution in [0.25, 0.3) is 0 Å². The Morgan fingerprint density at radius 2 is 1.05 bits per heavy atom. The highest BCUT2D eigenvalue weighted by atomic mass is 31.2. The van der Waals surface area contributed by atoms with Crippen LogP contribution in [0.2, 0.25) is 0 Å². The number of hydrogen-bond acceptors (Lipinski definition) is 0. The van der Waals surface area contributed by atoms with Gasteiger partial charge in [-0.1, -0.05) is 57.4 Å². The molecule has 19 heavy (non-hydrogen) atoms. The van der Waals surface area contributed by atoms with E-state index >= 15 is 0 Å². The van der Waals surface area contributed by atoms with Gasteiger partial charge in [-0.3, -0.25) is 0 Å². The third kappa shape index (κ3) is 3.55. The van der Waals surface area contributed by atoms with Gasteiger partial charge in [-0.2, -0.15) is 0 Å². The highest BCUT2D eigenvalue weighted by molar-refractivity contribution is 7.77. The minimum atomic E-state index is 0.301. The van der Waals surface area contributed by atoms with E-state index in [1.54, 1.807) is 0 Å². The summed E-state index contributed by atoms with van der Waals surface area (Å²) in [5, 5.41) is 1.13. The monoisotopic (exact) mass is 300 g/mol. The summed E-state index contributed by atoms with van der Waals surface area (Å²) < 4.78 is 0. The number of hydrogen-bond donors (Lipinski definition) is 0. The minimum Gasteiger partial charge on any atom is -0.0933 e. The third-order valence-electron chi connectivity index (χ3n) is 5.41. The van der Waals surface area contributed by atoms with E-state index in [0.717, 1.165) is 34.0 Å². The first kappa shape index (κ1) is 16.2. The van der Waals surface area contributed by atoms with Crippen molar-refractivity contribution < 1.29 is 0 Å². The predicted octanol–water partition coefficient (Wildman–Crippen LogP) is 6.46. The van der Waals surface area contributed by atoms with E-state index in [1.165, 1.54) is 32.1 Å².